The molecule has 0 aromatic heterocycles. The van der Waals surface area contributed by atoms with Crippen molar-refractivity contribution in [2.45, 2.75) is 18.8 Å². The molecule has 2 amide bonds. The van der Waals surface area contributed by atoms with Crippen LogP contribution in [0.5, 0.6) is 0 Å². The largest absolute Gasteiger partial charge is 0.478 e. The molecule has 0 aliphatic heterocycles. The molecule has 50 heavy (non-hydrogen) atoms. The third-order valence-corrected chi connectivity index (χ3v) is 9.12. The van der Waals surface area contributed by atoms with Gasteiger partial charge in [0.1, 0.15) is 0 Å². The fraction of sp³-hybridized carbons (Fsp3) is 0.0952. The van der Waals surface area contributed by atoms with Crippen LogP contribution in [0.4, 0.5) is 11.4 Å². The average molecular weight is 663 g/mol. The number of hydrogen-bond donors (Lipinski definition) is 4. The van der Waals surface area contributed by atoms with E-state index in [0.29, 0.717) is 11.4 Å². The molecule has 0 fully saturated rings. The Labute approximate surface area is 288 Å². The first-order chi connectivity index (χ1) is 24.1. The summed E-state index contributed by atoms with van der Waals surface area (Å²) in [5, 5.41) is 27.0. The van der Waals surface area contributed by atoms with Crippen molar-refractivity contribution in [1.29, 1.82) is 0 Å². The van der Waals surface area contributed by atoms with Crippen LogP contribution in [0, 0.1) is 5.92 Å². The molecular formula is C42H34N2O6. The maximum absolute atomic E-state index is 12.2. The van der Waals surface area contributed by atoms with Crippen molar-refractivity contribution >= 4 is 58.1 Å². The normalized spacial score (nSPS) is 15.0. The van der Waals surface area contributed by atoms with Crippen LogP contribution < -0.4 is 21.1 Å². The molecule has 8 heteroatoms. The number of rotatable bonds is 10. The van der Waals surface area contributed by atoms with E-state index in [1.807, 2.05) is 54.6 Å². The fourth-order valence-corrected chi connectivity index (χ4v) is 6.46. The number of carboxylic acid groups (broad SMARTS) is 2. The Morgan fingerprint density at radius 1 is 0.620 bits per heavy atom. The number of benzene rings is 5. The molecule has 6 rings (SSSR count). The van der Waals surface area contributed by atoms with Crippen LogP contribution in [0.25, 0.3) is 34.1 Å². The summed E-state index contributed by atoms with van der Waals surface area (Å²) in [6, 6.07) is 36.6. The van der Waals surface area contributed by atoms with Gasteiger partial charge in [-0.2, -0.15) is 0 Å². The van der Waals surface area contributed by atoms with E-state index in [9.17, 15) is 19.2 Å². The lowest BCUT2D eigenvalue weighted by Crippen LogP contribution is -2.38. The van der Waals surface area contributed by atoms with Crippen LogP contribution in [0.1, 0.15) is 24.5 Å². The highest BCUT2D eigenvalue weighted by Crippen LogP contribution is 2.44. The van der Waals surface area contributed by atoms with Gasteiger partial charge in [0.2, 0.25) is 11.8 Å². The minimum absolute atomic E-state index is 0.0635. The van der Waals surface area contributed by atoms with E-state index >= 15 is 0 Å². The number of carbonyl (C=O) groups excluding carboxylic acids is 2. The number of carboxylic acids is 2. The second-order valence-corrected chi connectivity index (χ2v) is 12.3. The highest BCUT2D eigenvalue weighted by molar-refractivity contribution is 6.03. The topological polar surface area (TPSA) is 133 Å². The molecule has 248 valence electrons. The van der Waals surface area contributed by atoms with E-state index in [1.54, 1.807) is 6.07 Å². The fourth-order valence-electron chi connectivity index (χ4n) is 6.46. The Hall–Kier alpha value is -6.54. The highest BCUT2D eigenvalue weighted by Gasteiger charge is 2.37. The number of amides is 2. The summed E-state index contributed by atoms with van der Waals surface area (Å²) in [5.74, 6) is -3.36. The third-order valence-electron chi connectivity index (χ3n) is 9.12. The Kier molecular flexibility index (Phi) is 9.54. The summed E-state index contributed by atoms with van der Waals surface area (Å²) in [4.78, 5) is 45.9. The number of nitrogens with one attached hydrogen (secondary N) is 2. The average Bonchev–Trinajstić information content (AvgIpc) is 3.12. The first kappa shape index (κ1) is 33.4. The van der Waals surface area contributed by atoms with Gasteiger partial charge in [-0.05, 0) is 80.1 Å². The molecule has 0 saturated heterocycles. The van der Waals surface area contributed by atoms with Gasteiger partial charge in [0.25, 0.3) is 0 Å². The quantitative estimate of drug-likeness (QED) is 0.131. The second kappa shape index (κ2) is 14.3. The van der Waals surface area contributed by atoms with Crippen LogP contribution in [-0.4, -0.2) is 34.0 Å². The smallest absolute Gasteiger partial charge is 0.328 e. The summed E-state index contributed by atoms with van der Waals surface area (Å²) < 4.78 is 0. The summed E-state index contributed by atoms with van der Waals surface area (Å²) in [5.41, 5.74) is 5.21. The van der Waals surface area contributed by atoms with Gasteiger partial charge in [0.15, 0.2) is 0 Å². The molecule has 0 heterocycles. The standard InChI is InChI=1S/C42H34N2O6/c1-42(33-13-7-28(8-14-33)27-5-3-2-4-6-27,34-15-9-31-25-36(17-11-29(31)23-34)43-38(45)19-21-40(47)48)35-16-10-32-26-37(18-12-30(32)24-35)44-39(46)20-22-41(49)50/h2-15,17-26,35H,16H2,1H3,(H,43,45)(H,44,46)(H,47,48)(H,49,50)/b21-19+,22-20+. The molecule has 1 aliphatic rings. The Morgan fingerprint density at radius 2 is 1.18 bits per heavy atom. The Balaban J connectivity index is 1.37. The predicted molar refractivity (Wildman–Crippen MR) is 196 cm³/mol. The summed E-state index contributed by atoms with van der Waals surface area (Å²) in [7, 11) is 0. The zero-order valence-corrected chi connectivity index (χ0v) is 27.2. The van der Waals surface area contributed by atoms with Crippen LogP contribution >= 0.6 is 0 Å². The molecule has 8 nitrogen and oxygen atoms in total. The minimum atomic E-state index is -1.19. The molecule has 4 N–H and O–H groups in total. The van der Waals surface area contributed by atoms with Gasteiger partial charge in [-0.25, -0.2) is 9.59 Å². The van der Waals surface area contributed by atoms with Gasteiger partial charge < -0.3 is 20.8 Å². The van der Waals surface area contributed by atoms with E-state index in [0.717, 1.165) is 74.2 Å². The molecule has 5 aromatic rings. The van der Waals surface area contributed by atoms with E-state index < -0.39 is 29.2 Å². The SMILES string of the molecule is CC(c1ccc(-c2ccccc2)cc1)(c1ccc2cc(NC(=O)/C=C/C(=O)O)ccc2c1)C1C=c2ccc(NC(=O)/C=C/C(=O)O)cc2=CC1. The van der Waals surface area contributed by atoms with Crippen molar-refractivity contribution in [3.63, 3.8) is 0 Å². The van der Waals surface area contributed by atoms with Crippen molar-refractivity contribution in [2.75, 3.05) is 10.6 Å². The van der Waals surface area contributed by atoms with Crippen molar-refractivity contribution in [1.82, 2.24) is 0 Å². The first-order valence-electron chi connectivity index (χ1n) is 16.0. The van der Waals surface area contributed by atoms with E-state index in [2.05, 4.69) is 78.2 Å². The van der Waals surface area contributed by atoms with Crippen molar-refractivity contribution < 1.29 is 29.4 Å². The first-order valence-corrected chi connectivity index (χ1v) is 16.0. The highest BCUT2D eigenvalue weighted by atomic mass is 16.4. The molecule has 2 atom stereocenters. The van der Waals surface area contributed by atoms with Gasteiger partial charge in [0.05, 0.1) is 0 Å². The maximum Gasteiger partial charge on any atom is 0.328 e. The van der Waals surface area contributed by atoms with E-state index in [-0.39, 0.29) is 5.92 Å². The van der Waals surface area contributed by atoms with Gasteiger partial charge in [-0.3, -0.25) is 9.59 Å². The van der Waals surface area contributed by atoms with Gasteiger partial charge in [-0.15, -0.1) is 0 Å². The lowest BCUT2D eigenvalue weighted by Gasteiger charge is -2.38. The number of anilines is 2. The Bertz CT molecular complexity index is 2310. The molecule has 0 spiro atoms. The van der Waals surface area contributed by atoms with Gasteiger partial charge in [0, 0.05) is 41.1 Å². The van der Waals surface area contributed by atoms with E-state index in [1.165, 1.54) is 0 Å². The number of aliphatic carboxylic acids is 2. The van der Waals surface area contributed by atoms with Crippen LogP contribution in [0.15, 0.2) is 133 Å². The molecule has 0 saturated carbocycles. The summed E-state index contributed by atoms with van der Waals surface area (Å²) in [6.45, 7) is 2.26. The Morgan fingerprint density at radius 3 is 1.84 bits per heavy atom. The number of fused-ring (bicyclic) bond motifs is 2. The summed E-state index contributed by atoms with van der Waals surface area (Å²) >= 11 is 0. The zero-order chi connectivity index (χ0) is 35.3. The van der Waals surface area contributed by atoms with Crippen LogP contribution in [0.3, 0.4) is 0 Å². The van der Waals surface area contributed by atoms with E-state index in [4.69, 9.17) is 10.2 Å². The number of hydrogen-bond acceptors (Lipinski definition) is 4. The van der Waals surface area contributed by atoms with Crippen molar-refractivity contribution in [3.05, 3.63) is 155 Å². The molecular weight excluding hydrogens is 628 g/mol. The van der Waals surface area contributed by atoms with Crippen LogP contribution in [0.2, 0.25) is 0 Å². The van der Waals surface area contributed by atoms with Crippen molar-refractivity contribution in [2.24, 2.45) is 5.92 Å². The predicted octanol–water partition coefficient (Wildman–Crippen LogP) is 6.25. The lowest BCUT2D eigenvalue weighted by molar-refractivity contribution is -0.132. The molecule has 0 bridgehead atoms. The zero-order valence-electron chi connectivity index (χ0n) is 27.2. The lowest BCUT2D eigenvalue weighted by atomic mass is 9.64. The number of carbonyl (C=O) groups is 4. The molecule has 0 radical (unpaired) electrons. The molecule has 1 aliphatic carbocycles. The molecule has 2 unspecified atom stereocenters. The van der Waals surface area contributed by atoms with Gasteiger partial charge >= 0.3 is 11.9 Å². The van der Waals surface area contributed by atoms with Crippen molar-refractivity contribution in [3.8, 4) is 11.1 Å². The second-order valence-electron chi connectivity index (χ2n) is 12.3. The minimum Gasteiger partial charge on any atom is -0.478 e. The molecule has 5 aromatic carbocycles. The van der Waals surface area contributed by atoms with Gasteiger partial charge in [-0.1, -0.05) is 104 Å². The monoisotopic (exact) mass is 662 g/mol. The van der Waals surface area contributed by atoms with Crippen LogP contribution in [-0.2, 0) is 24.6 Å². The maximum atomic E-state index is 12.2. The summed E-state index contributed by atoms with van der Waals surface area (Å²) in [6.07, 6.45) is 8.76. The third kappa shape index (κ3) is 7.45.